The van der Waals surface area contributed by atoms with E-state index in [1.165, 1.54) is 30.7 Å². The topological polar surface area (TPSA) is 63.6 Å². The molecule has 0 aliphatic rings. The lowest BCUT2D eigenvalue weighted by Crippen LogP contribution is -2.08. The Morgan fingerprint density at radius 2 is 1.82 bits per heavy atom. The van der Waals surface area contributed by atoms with Crippen molar-refractivity contribution in [2.24, 2.45) is 0 Å². The number of hydrogen-bond donors (Lipinski definition) is 1. The first kappa shape index (κ1) is 18.1. The van der Waals surface area contributed by atoms with Crippen molar-refractivity contribution < 1.29 is 13.2 Å². The van der Waals surface area contributed by atoms with Gasteiger partial charge in [0.2, 0.25) is 0 Å². The SMILES string of the molecule is FC(F)(F)c1cccnc1-c1ccc2c(Nc3ccc(Cl)cn3)cnnc2c1. The zero-order valence-corrected chi connectivity index (χ0v) is 14.8. The van der Waals surface area contributed by atoms with Gasteiger partial charge >= 0.3 is 6.18 Å². The summed E-state index contributed by atoms with van der Waals surface area (Å²) in [6, 6.07) is 10.4. The van der Waals surface area contributed by atoms with E-state index in [1.54, 1.807) is 24.3 Å². The van der Waals surface area contributed by atoms with E-state index in [1.807, 2.05) is 0 Å². The highest BCUT2D eigenvalue weighted by Gasteiger charge is 2.34. The molecule has 4 aromatic rings. The van der Waals surface area contributed by atoms with Crippen molar-refractivity contribution >= 4 is 34.0 Å². The van der Waals surface area contributed by atoms with Gasteiger partial charge in [-0.3, -0.25) is 4.98 Å². The number of rotatable bonds is 3. The van der Waals surface area contributed by atoms with E-state index in [2.05, 4.69) is 25.5 Å². The standard InChI is InChI=1S/C19H11ClF3N5/c20-12-4-6-17(25-9-12)27-16-10-26-28-15-8-11(3-5-13(15)16)18-14(19(21,22)23)2-1-7-24-18/h1-10H,(H,25,27,28). The molecule has 0 amide bonds. The Balaban J connectivity index is 1.77. The van der Waals surface area contributed by atoms with Gasteiger partial charge in [0.15, 0.2) is 0 Å². The number of fused-ring (bicyclic) bond motifs is 1. The molecule has 0 aliphatic heterocycles. The first-order valence-corrected chi connectivity index (χ1v) is 8.46. The second kappa shape index (κ2) is 7.05. The number of anilines is 2. The Kier molecular flexibility index (Phi) is 4.56. The quantitative estimate of drug-likeness (QED) is 0.491. The van der Waals surface area contributed by atoms with Crippen molar-refractivity contribution in [2.45, 2.75) is 6.18 Å². The van der Waals surface area contributed by atoms with Gasteiger partial charge in [-0.05, 0) is 36.4 Å². The summed E-state index contributed by atoms with van der Waals surface area (Å²) < 4.78 is 39.9. The lowest BCUT2D eigenvalue weighted by Gasteiger charge is -2.13. The van der Waals surface area contributed by atoms with Crippen LogP contribution in [-0.2, 0) is 6.18 Å². The summed E-state index contributed by atoms with van der Waals surface area (Å²) >= 11 is 5.83. The highest BCUT2D eigenvalue weighted by molar-refractivity contribution is 6.30. The number of alkyl halides is 3. The number of benzene rings is 1. The van der Waals surface area contributed by atoms with Crippen LogP contribution in [0, 0.1) is 0 Å². The van der Waals surface area contributed by atoms with Crippen molar-refractivity contribution in [3.63, 3.8) is 0 Å². The zero-order valence-electron chi connectivity index (χ0n) is 14.1. The summed E-state index contributed by atoms with van der Waals surface area (Å²) in [5.74, 6) is 0.548. The van der Waals surface area contributed by atoms with E-state index >= 15 is 0 Å². The number of nitrogens with zero attached hydrogens (tertiary/aromatic N) is 4. The molecule has 9 heteroatoms. The number of hydrogen-bond acceptors (Lipinski definition) is 5. The minimum Gasteiger partial charge on any atom is -0.338 e. The van der Waals surface area contributed by atoms with Gasteiger partial charge in [-0.1, -0.05) is 17.7 Å². The maximum Gasteiger partial charge on any atom is 0.418 e. The van der Waals surface area contributed by atoms with Crippen molar-refractivity contribution in [1.29, 1.82) is 0 Å². The van der Waals surface area contributed by atoms with Crippen LogP contribution in [0.3, 0.4) is 0 Å². The number of pyridine rings is 2. The summed E-state index contributed by atoms with van der Waals surface area (Å²) in [4.78, 5) is 8.07. The van der Waals surface area contributed by atoms with Gasteiger partial charge < -0.3 is 5.32 Å². The summed E-state index contributed by atoms with van der Waals surface area (Å²) in [6.45, 7) is 0. The average molecular weight is 402 g/mol. The molecular weight excluding hydrogens is 391 g/mol. The first-order valence-electron chi connectivity index (χ1n) is 8.08. The van der Waals surface area contributed by atoms with Crippen LogP contribution in [0.1, 0.15) is 5.56 Å². The van der Waals surface area contributed by atoms with Gasteiger partial charge in [0, 0.05) is 23.3 Å². The average Bonchev–Trinajstić information content (AvgIpc) is 2.69. The van der Waals surface area contributed by atoms with Crippen LogP contribution < -0.4 is 5.32 Å². The van der Waals surface area contributed by atoms with Crippen molar-refractivity contribution in [1.82, 2.24) is 20.2 Å². The third-order valence-electron chi connectivity index (χ3n) is 4.02. The first-order chi connectivity index (χ1) is 13.4. The van der Waals surface area contributed by atoms with E-state index in [0.717, 1.165) is 6.07 Å². The number of nitrogens with one attached hydrogen (secondary N) is 1. The van der Waals surface area contributed by atoms with E-state index in [4.69, 9.17) is 11.6 Å². The number of aromatic nitrogens is 4. The highest BCUT2D eigenvalue weighted by atomic mass is 35.5. The molecule has 3 aromatic heterocycles. The molecule has 140 valence electrons. The molecule has 3 heterocycles. The second-order valence-corrected chi connectivity index (χ2v) is 6.31. The predicted molar refractivity (Wildman–Crippen MR) is 100 cm³/mol. The third-order valence-corrected chi connectivity index (χ3v) is 4.24. The monoisotopic (exact) mass is 401 g/mol. The molecule has 4 rings (SSSR count). The minimum atomic E-state index is -4.51. The fourth-order valence-corrected chi connectivity index (χ4v) is 2.87. The van der Waals surface area contributed by atoms with Crippen LogP contribution in [0.2, 0.25) is 5.02 Å². The molecule has 0 saturated carbocycles. The number of halogens is 4. The van der Waals surface area contributed by atoms with Gasteiger partial charge in [-0.2, -0.15) is 23.4 Å². The molecule has 1 aromatic carbocycles. The highest BCUT2D eigenvalue weighted by Crippen LogP contribution is 2.36. The lowest BCUT2D eigenvalue weighted by atomic mass is 10.0. The molecule has 28 heavy (non-hydrogen) atoms. The molecular formula is C19H11ClF3N5. The Bertz CT molecular complexity index is 1150. The summed E-state index contributed by atoms with van der Waals surface area (Å²) in [7, 11) is 0. The third kappa shape index (κ3) is 3.59. The van der Waals surface area contributed by atoms with Crippen molar-refractivity contribution in [2.75, 3.05) is 5.32 Å². The maximum atomic E-state index is 13.3. The van der Waals surface area contributed by atoms with Gasteiger partial charge in [0.05, 0.1) is 33.7 Å². The smallest absolute Gasteiger partial charge is 0.338 e. The molecule has 5 nitrogen and oxygen atoms in total. The van der Waals surface area contributed by atoms with Crippen LogP contribution in [0.15, 0.2) is 61.1 Å². The molecule has 0 fully saturated rings. The van der Waals surface area contributed by atoms with Gasteiger partial charge in [-0.15, -0.1) is 0 Å². The zero-order chi connectivity index (χ0) is 19.7. The van der Waals surface area contributed by atoms with Gasteiger partial charge in [-0.25, -0.2) is 4.98 Å². The van der Waals surface area contributed by atoms with Crippen LogP contribution >= 0.6 is 11.6 Å². The Morgan fingerprint density at radius 3 is 2.57 bits per heavy atom. The van der Waals surface area contributed by atoms with E-state index in [9.17, 15) is 13.2 Å². The second-order valence-electron chi connectivity index (χ2n) is 5.87. The van der Waals surface area contributed by atoms with Gasteiger partial charge in [0.1, 0.15) is 5.82 Å². The Hall–Kier alpha value is -3.26. The van der Waals surface area contributed by atoms with Crippen molar-refractivity contribution in [3.8, 4) is 11.3 Å². The molecule has 0 unspecified atom stereocenters. The van der Waals surface area contributed by atoms with Crippen molar-refractivity contribution in [3.05, 3.63) is 71.6 Å². The maximum absolute atomic E-state index is 13.3. The fourth-order valence-electron chi connectivity index (χ4n) is 2.76. The predicted octanol–water partition coefficient (Wildman–Crippen LogP) is 5.50. The summed E-state index contributed by atoms with van der Waals surface area (Å²) in [5.41, 5.74) is 0.383. The van der Waals surface area contributed by atoms with Crippen LogP contribution in [0.25, 0.3) is 22.2 Å². The summed E-state index contributed by atoms with van der Waals surface area (Å²) in [6.07, 6.45) is -0.169. The molecule has 0 saturated heterocycles. The molecule has 0 radical (unpaired) electrons. The fraction of sp³-hybridized carbons (Fsp3) is 0.0526. The van der Waals surface area contributed by atoms with Crippen LogP contribution in [-0.4, -0.2) is 20.2 Å². The normalized spacial score (nSPS) is 11.6. The summed E-state index contributed by atoms with van der Waals surface area (Å²) in [5, 5.41) is 12.2. The molecule has 0 bridgehead atoms. The Labute approximate surface area is 162 Å². The van der Waals surface area contributed by atoms with E-state index in [-0.39, 0.29) is 5.69 Å². The van der Waals surface area contributed by atoms with E-state index in [0.29, 0.717) is 33.0 Å². The molecule has 1 N–H and O–H groups in total. The largest absolute Gasteiger partial charge is 0.418 e. The van der Waals surface area contributed by atoms with E-state index < -0.39 is 11.7 Å². The molecule has 0 atom stereocenters. The van der Waals surface area contributed by atoms with Crippen LogP contribution in [0.5, 0.6) is 0 Å². The Morgan fingerprint density at radius 1 is 0.964 bits per heavy atom. The minimum absolute atomic E-state index is 0.156. The molecule has 0 aliphatic carbocycles. The molecule has 0 spiro atoms. The lowest BCUT2D eigenvalue weighted by molar-refractivity contribution is -0.137. The van der Waals surface area contributed by atoms with Crippen LogP contribution in [0.4, 0.5) is 24.7 Å². The van der Waals surface area contributed by atoms with Gasteiger partial charge in [0.25, 0.3) is 0 Å².